The van der Waals surface area contributed by atoms with Gasteiger partial charge in [0.25, 0.3) is 0 Å². The van der Waals surface area contributed by atoms with Gasteiger partial charge in [-0.3, -0.25) is 4.98 Å². The molecule has 2 aromatic heterocycles. The summed E-state index contributed by atoms with van der Waals surface area (Å²) in [6.07, 6.45) is 3.78. The molecule has 0 aliphatic rings. The van der Waals surface area contributed by atoms with Gasteiger partial charge in [0.05, 0.1) is 11.4 Å². The lowest BCUT2D eigenvalue weighted by Gasteiger charge is -2.06. The largest absolute Gasteiger partial charge is 0.478 e. The van der Waals surface area contributed by atoms with E-state index in [1.54, 1.807) is 41.3 Å². The number of aromatic carboxylic acids is 1. The molecular formula is C17H14ClN3O2. The zero-order valence-electron chi connectivity index (χ0n) is 12.4. The zero-order chi connectivity index (χ0) is 16.4. The molecule has 0 spiro atoms. The smallest absolute Gasteiger partial charge is 0.339 e. The normalized spacial score (nSPS) is 10.7. The van der Waals surface area contributed by atoms with Gasteiger partial charge in [0.15, 0.2) is 0 Å². The fraction of sp³-hybridized carbons (Fsp3) is 0.118. The van der Waals surface area contributed by atoms with Gasteiger partial charge in [-0.05, 0) is 42.8 Å². The van der Waals surface area contributed by atoms with Gasteiger partial charge in [0.2, 0.25) is 0 Å². The molecule has 1 aromatic carbocycles. The SMILES string of the molecule is CCc1c(C(=O)O)c(-c2ccncc2)nn1-c1ccc(Cl)cc1. The summed E-state index contributed by atoms with van der Waals surface area (Å²) in [5, 5.41) is 14.8. The Morgan fingerprint density at radius 1 is 1.17 bits per heavy atom. The minimum Gasteiger partial charge on any atom is -0.478 e. The Kier molecular flexibility index (Phi) is 4.12. The summed E-state index contributed by atoms with van der Waals surface area (Å²) in [7, 11) is 0. The van der Waals surface area contributed by atoms with Crippen LogP contribution in [0.25, 0.3) is 16.9 Å². The monoisotopic (exact) mass is 327 g/mol. The van der Waals surface area contributed by atoms with Crippen LogP contribution in [0.2, 0.25) is 5.02 Å². The minimum atomic E-state index is -0.992. The number of nitrogens with zero attached hydrogens (tertiary/aromatic N) is 3. The number of rotatable bonds is 4. The molecule has 0 atom stereocenters. The fourth-order valence-corrected chi connectivity index (χ4v) is 2.64. The van der Waals surface area contributed by atoms with Crippen molar-refractivity contribution in [3.63, 3.8) is 0 Å². The van der Waals surface area contributed by atoms with Crippen molar-refractivity contribution in [1.29, 1.82) is 0 Å². The maximum absolute atomic E-state index is 11.8. The Hall–Kier alpha value is -2.66. The predicted molar refractivity (Wildman–Crippen MR) is 88.1 cm³/mol. The number of aromatic nitrogens is 3. The van der Waals surface area contributed by atoms with Crippen molar-refractivity contribution >= 4 is 17.6 Å². The first-order valence-corrected chi connectivity index (χ1v) is 7.51. The van der Waals surface area contributed by atoms with Crippen molar-refractivity contribution in [2.24, 2.45) is 0 Å². The molecule has 23 heavy (non-hydrogen) atoms. The molecule has 0 saturated heterocycles. The molecule has 6 heteroatoms. The maximum Gasteiger partial charge on any atom is 0.339 e. The molecule has 0 aliphatic carbocycles. The first-order valence-electron chi connectivity index (χ1n) is 7.13. The summed E-state index contributed by atoms with van der Waals surface area (Å²) in [6, 6.07) is 10.6. The van der Waals surface area contributed by atoms with Gasteiger partial charge in [-0.1, -0.05) is 18.5 Å². The number of carboxylic acids is 1. The predicted octanol–water partition coefficient (Wildman–Crippen LogP) is 3.85. The van der Waals surface area contributed by atoms with Crippen molar-refractivity contribution in [2.75, 3.05) is 0 Å². The molecule has 2 heterocycles. The maximum atomic E-state index is 11.8. The summed E-state index contributed by atoms with van der Waals surface area (Å²) >= 11 is 5.92. The Morgan fingerprint density at radius 3 is 2.39 bits per heavy atom. The van der Waals surface area contributed by atoms with E-state index in [0.717, 1.165) is 11.3 Å². The molecule has 0 unspecified atom stereocenters. The summed E-state index contributed by atoms with van der Waals surface area (Å²) in [5.41, 5.74) is 2.79. The molecule has 5 nitrogen and oxygen atoms in total. The van der Waals surface area contributed by atoms with E-state index in [-0.39, 0.29) is 5.56 Å². The molecule has 0 saturated carbocycles. The Balaban J connectivity index is 2.25. The third-order valence-electron chi connectivity index (χ3n) is 3.55. The number of benzene rings is 1. The third-order valence-corrected chi connectivity index (χ3v) is 3.81. The lowest BCUT2D eigenvalue weighted by molar-refractivity contribution is 0.0696. The van der Waals surface area contributed by atoms with E-state index in [9.17, 15) is 9.90 Å². The van der Waals surface area contributed by atoms with Crippen molar-refractivity contribution in [3.8, 4) is 16.9 Å². The number of hydrogen-bond donors (Lipinski definition) is 1. The van der Waals surface area contributed by atoms with Crippen LogP contribution in [0.1, 0.15) is 23.0 Å². The van der Waals surface area contributed by atoms with Crippen LogP contribution in [0.5, 0.6) is 0 Å². The van der Waals surface area contributed by atoms with Gasteiger partial charge in [-0.25, -0.2) is 9.48 Å². The fourth-order valence-electron chi connectivity index (χ4n) is 2.51. The molecule has 116 valence electrons. The summed E-state index contributed by atoms with van der Waals surface area (Å²) < 4.78 is 1.66. The van der Waals surface area contributed by atoms with Crippen LogP contribution in [-0.4, -0.2) is 25.8 Å². The average molecular weight is 328 g/mol. The highest BCUT2D eigenvalue weighted by Crippen LogP contribution is 2.28. The van der Waals surface area contributed by atoms with Gasteiger partial charge in [-0.15, -0.1) is 0 Å². The number of hydrogen-bond acceptors (Lipinski definition) is 3. The van der Waals surface area contributed by atoms with Crippen LogP contribution in [0.15, 0.2) is 48.8 Å². The van der Waals surface area contributed by atoms with Crippen molar-refractivity contribution in [2.45, 2.75) is 13.3 Å². The van der Waals surface area contributed by atoms with Crippen molar-refractivity contribution in [1.82, 2.24) is 14.8 Å². The molecule has 0 aliphatic heterocycles. The topological polar surface area (TPSA) is 68.0 Å². The molecule has 0 bridgehead atoms. The number of carbonyl (C=O) groups is 1. The van der Waals surface area contributed by atoms with Crippen molar-refractivity contribution < 1.29 is 9.90 Å². The zero-order valence-corrected chi connectivity index (χ0v) is 13.2. The number of halogens is 1. The average Bonchev–Trinajstić information content (AvgIpc) is 2.96. The molecule has 1 N–H and O–H groups in total. The van der Waals surface area contributed by atoms with Crippen LogP contribution < -0.4 is 0 Å². The van der Waals surface area contributed by atoms with E-state index < -0.39 is 5.97 Å². The number of pyridine rings is 1. The summed E-state index contributed by atoms with van der Waals surface area (Å²) in [4.78, 5) is 15.7. The van der Waals surface area contributed by atoms with Crippen LogP contribution in [0.3, 0.4) is 0 Å². The van der Waals surface area contributed by atoms with E-state index in [1.165, 1.54) is 0 Å². The highest BCUT2D eigenvalue weighted by Gasteiger charge is 2.24. The second-order valence-corrected chi connectivity index (χ2v) is 5.39. The van der Waals surface area contributed by atoms with Gasteiger partial charge in [-0.2, -0.15) is 5.10 Å². The first-order chi connectivity index (χ1) is 11.1. The Bertz CT molecular complexity index is 842. The van der Waals surface area contributed by atoms with E-state index in [4.69, 9.17) is 11.6 Å². The van der Waals surface area contributed by atoms with Crippen LogP contribution in [-0.2, 0) is 6.42 Å². The first kappa shape index (κ1) is 15.2. The van der Waals surface area contributed by atoms with E-state index >= 15 is 0 Å². The molecule has 3 rings (SSSR count). The van der Waals surface area contributed by atoms with E-state index in [1.807, 2.05) is 19.1 Å². The molecule has 3 aromatic rings. The van der Waals surface area contributed by atoms with Crippen molar-refractivity contribution in [3.05, 3.63) is 65.1 Å². The summed E-state index contributed by atoms with van der Waals surface area (Å²) in [5.74, 6) is -0.992. The Labute approximate surface area is 138 Å². The quantitative estimate of drug-likeness (QED) is 0.790. The molecule has 0 fully saturated rings. The highest BCUT2D eigenvalue weighted by molar-refractivity contribution is 6.30. The number of carboxylic acid groups (broad SMARTS) is 1. The third kappa shape index (κ3) is 2.83. The van der Waals surface area contributed by atoms with E-state index in [0.29, 0.717) is 22.8 Å². The van der Waals surface area contributed by atoms with E-state index in [2.05, 4.69) is 10.1 Å². The summed E-state index contributed by atoms with van der Waals surface area (Å²) in [6.45, 7) is 1.91. The van der Waals surface area contributed by atoms with Crippen LogP contribution in [0.4, 0.5) is 0 Å². The lowest BCUT2D eigenvalue weighted by atomic mass is 10.1. The highest BCUT2D eigenvalue weighted by atomic mass is 35.5. The molecule has 0 radical (unpaired) electrons. The molecular weight excluding hydrogens is 314 g/mol. The van der Waals surface area contributed by atoms with Crippen LogP contribution >= 0.6 is 11.6 Å². The minimum absolute atomic E-state index is 0.216. The Morgan fingerprint density at radius 2 is 1.83 bits per heavy atom. The van der Waals surface area contributed by atoms with Gasteiger partial charge < -0.3 is 5.11 Å². The second kappa shape index (κ2) is 6.22. The van der Waals surface area contributed by atoms with Gasteiger partial charge >= 0.3 is 5.97 Å². The molecule has 0 amide bonds. The van der Waals surface area contributed by atoms with Gasteiger partial charge in [0.1, 0.15) is 11.3 Å². The second-order valence-electron chi connectivity index (χ2n) is 4.95. The standard InChI is InChI=1S/C17H14ClN3O2/c1-2-14-15(17(22)23)16(11-7-9-19-10-8-11)20-21(14)13-5-3-12(18)4-6-13/h3-10H,2H2,1H3,(H,22,23). The van der Waals surface area contributed by atoms with Crippen LogP contribution in [0, 0.1) is 0 Å². The van der Waals surface area contributed by atoms with Gasteiger partial charge in [0, 0.05) is 23.0 Å². The lowest BCUT2D eigenvalue weighted by Crippen LogP contribution is -2.05.